The van der Waals surface area contributed by atoms with Crippen LogP contribution in [0, 0.1) is 12.3 Å². The Morgan fingerprint density at radius 2 is 1.93 bits per heavy atom. The number of furan rings is 1. The molecule has 3 fully saturated rings. The van der Waals surface area contributed by atoms with E-state index in [4.69, 9.17) is 9.15 Å². The van der Waals surface area contributed by atoms with Gasteiger partial charge < -0.3 is 14.5 Å². The van der Waals surface area contributed by atoms with Gasteiger partial charge in [0.1, 0.15) is 10.7 Å². The maximum atomic E-state index is 12.9. The quantitative estimate of drug-likeness (QED) is 0.757. The Labute approximate surface area is 173 Å². The van der Waals surface area contributed by atoms with E-state index < -0.39 is 10.0 Å². The molecule has 0 radical (unpaired) electrons. The first-order chi connectivity index (χ1) is 13.9. The first-order valence-electron chi connectivity index (χ1n) is 10.9. The molecule has 1 amide bonds. The van der Waals surface area contributed by atoms with E-state index in [-0.39, 0.29) is 39.9 Å². The van der Waals surface area contributed by atoms with Gasteiger partial charge in [-0.05, 0) is 46.0 Å². The lowest BCUT2D eigenvalue weighted by Gasteiger charge is -2.57. The number of carbonyl (C=O) groups is 1. The van der Waals surface area contributed by atoms with E-state index in [9.17, 15) is 13.2 Å². The van der Waals surface area contributed by atoms with Crippen LogP contribution in [0.2, 0.25) is 0 Å². The molecule has 29 heavy (non-hydrogen) atoms. The normalized spacial score (nSPS) is 27.1. The Kier molecular flexibility index (Phi) is 5.79. The molecular weight excluding hydrogens is 392 g/mol. The predicted octanol–water partition coefficient (Wildman–Crippen LogP) is 3.23. The van der Waals surface area contributed by atoms with E-state index in [1.54, 1.807) is 6.92 Å². The second kappa shape index (κ2) is 8.04. The van der Waals surface area contributed by atoms with Crippen molar-refractivity contribution in [1.29, 1.82) is 0 Å². The summed E-state index contributed by atoms with van der Waals surface area (Å²) in [6, 6.07) is 1.45. The fourth-order valence-corrected chi connectivity index (χ4v) is 7.07. The molecule has 1 aliphatic heterocycles. The monoisotopic (exact) mass is 424 g/mol. The molecule has 1 N–H and O–H groups in total. The first kappa shape index (κ1) is 20.9. The second-order valence-electron chi connectivity index (χ2n) is 8.64. The molecule has 8 heteroatoms. The van der Waals surface area contributed by atoms with Gasteiger partial charge in [-0.1, -0.05) is 19.3 Å². The summed E-state index contributed by atoms with van der Waals surface area (Å²) in [5.41, 5.74) is 0.00994. The molecule has 2 saturated carbocycles. The molecular formula is C21H32N2O5S. The summed E-state index contributed by atoms with van der Waals surface area (Å²) >= 11 is 0. The molecule has 2 atom stereocenters. The lowest BCUT2D eigenvalue weighted by atomic mass is 9.55. The second-order valence-corrected chi connectivity index (χ2v) is 10.5. The molecule has 2 aliphatic carbocycles. The third-order valence-electron chi connectivity index (χ3n) is 7.02. The van der Waals surface area contributed by atoms with Crippen LogP contribution in [-0.4, -0.2) is 50.5 Å². The lowest BCUT2D eigenvalue weighted by Crippen LogP contribution is -2.65. The summed E-state index contributed by atoms with van der Waals surface area (Å²) in [6.45, 7) is 5.35. The number of ether oxygens (including phenoxy) is 1. The SMILES string of the molecule is CCO[C@@H]1C[C@@H](NC(=O)c2cc(S(=O)(=O)N3CCCC3)c(C)o2)C12CCCCC2. The third kappa shape index (κ3) is 3.64. The number of hydrogen-bond acceptors (Lipinski definition) is 5. The highest BCUT2D eigenvalue weighted by molar-refractivity contribution is 7.89. The zero-order valence-electron chi connectivity index (χ0n) is 17.4. The van der Waals surface area contributed by atoms with Crippen LogP contribution in [0.4, 0.5) is 0 Å². The summed E-state index contributed by atoms with van der Waals surface area (Å²) in [5.74, 6) is 0.0159. The number of amides is 1. The van der Waals surface area contributed by atoms with Gasteiger partial charge in [0.25, 0.3) is 5.91 Å². The maximum absolute atomic E-state index is 12.9. The van der Waals surface area contributed by atoms with Crippen molar-refractivity contribution in [2.75, 3.05) is 19.7 Å². The smallest absolute Gasteiger partial charge is 0.287 e. The Balaban J connectivity index is 1.49. The van der Waals surface area contributed by atoms with Gasteiger partial charge >= 0.3 is 0 Å². The molecule has 2 heterocycles. The zero-order chi connectivity index (χ0) is 20.6. The van der Waals surface area contributed by atoms with Crippen molar-refractivity contribution >= 4 is 15.9 Å². The highest BCUT2D eigenvalue weighted by Crippen LogP contribution is 2.53. The Hall–Kier alpha value is -1.38. The number of rotatable bonds is 6. The molecule has 162 valence electrons. The average Bonchev–Trinajstić information content (AvgIpc) is 3.38. The summed E-state index contributed by atoms with van der Waals surface area (Å²) in [5, 5.41) is 3.12. The minimum absolute atomic E-state index is 0.00994. The van der Waals surface area contributed by atoms with Gasteiger partial charge in [-0.2, -0.15) is 4.31 Å². The minimum Gasteiger partial charge on any atom is -0.455 e. The van der Waals surface area contributed by atoms with Crippen molar-refractivity contribution in [3.63, 3.8) is 0 Å². The Morgan fingerprint density at radius 1 is 1.24 bits per heavy atom. The summed E-state index contributed by atoms with van der Waals surface area (Å²) in [6.07, 6.45) is 8.42. The van der Waals surface area contributed by atoms with Crippen molar-refractivity contribution in [3.8, 4) is 0 Å². The van der Waals surface area contributed by atoms with Gasteiger partial charge in [0, 0.05) is 37.2 Å². The van der Waals surface area contributed by atoms with E-state index in [1.807, 2.05) is 6.92 Å². The van der Waals surface area contributed by atoms with Gasteiger partial charge in [0.05, 0.1) is 6.10 Å². The molecule has 3 aliphatic rings. The summed E-state index contributed by atoms with van der Waals surface area (Å²) in [4.78, 5) is 13.0. The maximum Gasteiger partial charge on any atom is 0.287 e. The van der Waals surface area contributed by atoms with Crippen LogP contribution in [0.5, 0.6) is 0 Å². The van der Waals surface area contributed by atoms with Gasteiger partial charge in [-0.15, -0.1) is 0 Å². The number of sulfonamides is 1. The standard InChI is InChI=1S/C21H32N2O5S/c1-3-27-19-14-18(21(19)9-5-4-6-10-21)22-20(24)16-13-17(15(2)28-16)29(25,26)23-11-7-8-12-23/h13,18-19H,3-12,14H2,1-2H3,(H,22,24)/t18-,19-/m1/s1. The Morgan fingerprint density at radius 3 is 2.59 bits per heavy atom. The average molecular weight is 425 g/mol. The minimum atomic E-state index is -3.61. The number of nitrogens with one attached hydrogen (secondary N) is 1. The van der Waals surface area contributed by atoms with Crippen LogP contribution in [0.3, 0.4) is 0 Å². The fraction of sp³-hybridized carbons (Fsp3) is 0.762. The summed E-state index contributed by atoms with van der Waals surface area (Å²) < 4.78 is 38.7. The molecule has 0 bridgehead atoms. The van der Waals surface area contributed by atoms with Crippen molar-refractivity contribution in [3.05, 3.63) is 17.6 Å². The van der Waals surface area contributed by atoms with Gasteiger partial charge in [0.2, 0.25) is 10.0 Å². The molecule has 1 saturated heterocycles. The first-order valence-corrected chi connectivity index (χ1v) is 12.4. The Bertz CT molecular complexity index is 850. The van der Waals surface area contributed by atoms with Crippen LogP contribution < -0.4 is 5.32 Å². The molecule has 4 rings (SSSR count). The van der Waals surface area contributed by atoms with Crippen molar-refractivity contribution in [2.24, 2.45) is 5.41 Å². The number of aryl methyl sites for hydroxylation is 1. The number of carbonyl (C=O) groups excluding carboxylic acids is 1. The molecule has 0 aromatic carbocycles. The van der Waals surface area contributed by atoms with E-state index in [0.29, 0.717) is 19.7 Å². The molecule has 1 aromatic rings. The molecule has 1 spiro atoms. The van der Waals surface area contributed by atoms with E-state index in [1.165, 1.54) is 16.8 Å². The number of nitrogens with zero attached hydrogens (tertiary/aromatic N) is 1. The largest absolute Gasteiger partial charge is 0.455 e. The van der Waals surface area contributed by atoms with Crippen molar-refractivity contribution < 1.29 is 22.4 Å². The third-order valence-corrected chi connectivity index (χ3v) is 9.03. The molecule has 1 aromatic heterocycles. The number of hydrogen-bond donors (Lipinski definition) is 1. The molecule has 0 unspecified atom stereocenters. The van der Waals surface area contributed by atoms with Crippen molar-refractivity contribution in [1.82, 2.24) is 9.62 Å². The predicted molar refractivity (Wildman–Crippen MR) is 108 cm³/mol. The van der Waals surface area contributed by atoms with Crippen molar-refractivity contribution in [2.45, 2.75) is 82.3 Å². The van der Waals surface area contributed by atoms with Crippen LogP contribution in [0.1, 0.15) is 74.6 Å². The molecule has 7 nitrogen and oxygen atoms in total. The lowest BCUT2D eigenvalue weighted by molar-refractivity contribution is -0.147. The van der Waals surface area contributed by atoms with E-state index >= 15 is 0 Å². The van der Waals surface area contributed by atoms with Crippen LogP contribution in [0.15, 0.2) is 15.4 Å². The van der Waals surface area contributed by atoms with Crippen LogP contribution >= 0.6 is 0 Å². The van der Waals surface area contributed by atoms with E-state index in [0.717, 1.165) is 44.9 Å². The highest BCUT2D eigenvalue weighted by atomic mass is 32.2. The zero-order valence-corrected chi connectivity index (χ0v) is 18.2. The topological polar surface area (TPSA) is 88.8 Å². The van der Waals surface area contributed by atoms with Gasteiger partial charge in [-0.3, -0.25) is 4.79 Å². The highest BCUT2D eigenvalue weighted by Gasteiger charge is 2.56. The van der Waals surface area contributed by atoms with Crippen LogP contribution in [0.25, 0.3) is 0 Å². The van der Waals surface area contributed by atoms with Crippen LogP contribution in [-0.2, 0) is 14.8 Å². The van der Waals surface area contributed by atoms with Gasteiger partial charge in [0.15, 0.2) is 5.76 Å². The fourth-order valence-electron chi connectivity index (χ4n) is 5.40. The van der Waals surface area contributed by atoms with E-state index in [2.05, 4.69) is 5.32 Å². The van der Waals surface area contributed by atoms with Gasteiger partial charge in [-0.25, -0.2) is 8.42 Å². The summed E-state index contributed by atoms with van der Waals surface area (Å²) in [7, 11) is -3.61.